The number of rotatable bonds is 3. The number of benzene rings is 1. The molecular formula is C19H15F3N6O2S. The molecule has 1 aromatic carbocycles. The predicted octanol–water partition coefficient (Wildman–Crippen LogP) is 3.79. The monoisotopic (exact) mass is 448 g/mol. The van der Waals surface area contributed by atoms with Crippen LogP contribution in [0.3, 0.4) is 0 Å². The molecule has 0 saturated heterocycles. The van der Waals surface area contributed by atoms with Gasteiger partial charge in [-0.15, -0.1) is 0 Å². The molecule has 3 amide bonds. The van der Waals surface area contributed by atoms with E-state index in [1.54, 1.807) is 0 Å². The van der Waals surface area contributed by atoms with Crippen molar-refractivity contribution < 1.29 is 22.8 Å². The van der Waals surface area contributed by atoms with E-state index in [9.17, 15) is 22.8 Å². The van der Waals surface area contributed by atoms with Crippen molar-refractivity contribution in [3.05, 3.63) is 64.7 Å². The fourth-order valence-electron chi connectivity index (χ4n) is 2.94. The molecule has 0 unspecified atom stereocenters. The Morgan fingerprint density at radius 3 is 2.55 bits per heavy atom. The highest BCUT2D eigenvalue weighted by Crippen LogP contribution is 2.31. The Morgan fingerprint density at radius 2 is 1.87 bits per heavy atom. The van der Waals surface area contributed by atoms with E-state index in [0.29, 0.717) is 18.1 Å². The third-order valence-electron chi connectivity index (χ3n) is 4.50. The van der Waals surface area contributed by atoms with Gasteiger partial charge < -0.3 is 10.2 Å². The van der Waals surface area contributed by atoms with Crippen LogP contribution in [-0.4, -0.2) is 38.3 Å². The van der Waals surface area contributed by atoms with Crippen molar-refractivity contribution in [2.45, 2.75) is 19.1 Å². The lowest BCUT2D eigenvalue weighted by Gasteiger charge is -2.26. The molecule has 160 valence electrons. The van der Waals surface area contributed by atoms with Gasteiger partial charge in [0.15, 0.2) is 5.13 Å². The molecule has 0 aliphatic carbocycles. The Balaban J connectivity index is 1.38. The van der Waals surface area contributed by atoms with Gasteiger partial charge in [0, 0.05) is 35.9 Å². The molecule has 2 aromatic heterocycles. The number of carbonyl (C=O) groups excluding carboxylic acids is 2. The highest BCUT2D eigenvalue weighted by atomic mass is 32.1. The van der Waals surface area contributed by atoms with Gasteiger partial charge in [0.25, 0.3) is 5.91 Å². The third-order valence-corrected chi connectivity index (χ3v) is 5.50. The van der Waals surface area contributed by atoms with E-state index in [2.05, 4.69) is 25.6 Å². The maximum Gasteiger partial charge on any atom is 0.416 e. The number of halogens is 3. The van der Waals surface area contributed by atoms with Gasteiger partial charge in [0.05, 0.1) is 24.0 Å². The van der Waals surface area contributed by atoms with Crippen molar-refractivity contribution in [3.8, 4) is 0 Å². The van der Waals surface area contributed by atoms with E-state index >= 15 is 0 Å². The van der Waals surface area contributed by atoms with Gasteiger partial charge in [-0.2, -0.15) is 13.2 Å². The number of alkyl halides is 3. The van der Waals surface area contributed by atoms with Crippen molar-refractivity contribution in [3.63, 3.8) is 0 Å². The summed E-state index contributed by atoms with van der Waals surface area (Å²) in [6.07, 6.45) is 0.278. The number of nitrogens with zero attached hydrogens (tertiary/aromatic N) is 4. The summed E-state index contributed by atoms with van der Waals surface area (Å²) in [5, 5.41) is 5.67. The van der Waals surface area contributed by atoms with Crippen molar-refractivity contribution in [1.29, 1.82) is 0 Å². The van der Waals surface area contributed by atoms with Crippen LogP contribution in [-0.2, 0) is 19.1 Å². The van der Waals surface area contributed by atoms with Crippen molar-refractivity contribution in [2.75, 3.05) is 17.2 Å². The van der Waals surface area contributed by atoms with Crippen molar-refractivity contribution in [2.24, 2.45) is 0 Å². The molecule has 0 spiro atoms. The topological polar surface area (TPSA) is 100 Å². The van der Waals surface area contributed by atoms with Gasteiger partial charge in [-0.05, 0) is 24.3 Å². The number of thiazole rings is 1. The predicted molar refractivity (Wildman–Crippen MR) is 107 cm³/mol. The summed E-state index contributed by atoms with van der Waals surface area (Å²) in [6.45, 7) is 0.668. The Kier molecular flexibility index (Phi) is 5.55. The minimum atomic E-state index is -4.43. The number of hydrogen-bond donors (Lipinski definition) is 2. The molecule has 3 heterocycles. The number of nitrogens with one attached hydrogen (secondary N) is 2. The van der Waals surface area contributed by atoms with Crippen LogP contribution >= 0.6 is 11.3 Å². The molecule has 0 atom stereocenters. The highest BCUT2D eigenvalue weighted by molar-refractivity contribution is 7.15. The Hall–Kier alpha value is -3.54. The molecule has 4 rings (SSSR count). The van der Waals surface area contributed by atoms with E-state index in [4.69, 9.17) is 0 Å². The second kappa shape index (κ2) is 8.30. The Bertz CT molecular complexity index is 1100. The zero-order valence-corrected chi connectivity index (χ0v) is 16.6. The Labute approximate surface area is 178 Å². The molecule has 31 heavy (non-hydrogen) atoms. The average molecular weight is 448 g/mol. The van der Waals surface area contributed by atoms with Crippen LogP contribution in [0.1, 0.15) is 26.6 Å². The van der Waals surface area contributed by atoms with Crippen LogP contribution in [0.15, 0.2) is 42.9 Å². The van der Waals surface area contributed by atoms with Crippen molar-refractivity contribution in [1.82, 2.24) is 19.9 Å². The summed E-state index contributed by atoms with van der Waals surface area (Å²) in [5.41, 5.74) is 0.435. The quantitative estimate of drug-likeness (QED) is 0.635. The summed E-state index contributed by atoms with van der Waals surface area (Å²) in [5.74, 6) is -0.434. The van der Waals surface area contributed by atoms with Gasteiger partial charge in [0.2, 0.25) is 0 Å². The fourth-order valence-corrected chi connectivity index (χ4v) is 3.96. The lowest BCUT2D eigenvalue weighted by Crippen LogP contribution is -2.38. The maximum absolute atomic E-state index is 12.7. The van der Waals surface area contributed by atoms with Crippen molar-refractivity contribution >= 4 is 34.1 Å². The number of urea groups is 1. The SMILES string of the molecule is O=C(Nc1nc2c(s1)CN(C(=O)Nc1ccc(C(F)(F)F)cc1)CC2)c1cnccn1. The van der Waals surface area contributed by atoms with Gasteiger partial charge in [0.1, 0.15) is 5.69 Å². The second-order valence-corrected chi connectivity index (χ2v) is 7.69. The van der Waals surface area contributed by atoms with Crippen LogP contribution in [0.2, 0.25) is 0 Å². The van der Waals surface area contributed by atoms with E-state index in [0.717, 1.165) is 22.7 Å². The summed E-state index contributed by atoms with van der Waals surface area (Å²) in [6, 6.07) is 3.83. The third kappa shape index (κ3) is 4.79. The molecule has 2 N–H and O–H groups in total. The molecule has 3 aromatic rings. The van der Waals surface area contributed by atoms with Gasteiger partial charge in [-0.1, -0.05) is 11.3 Å². The molecule has 0 fully saturated rings. The zero-order chi connectivity index (χ0) is 22.0. The molecule has 0 saturated carbocycles. The fraction of sp³-hybridized carbons (Fsp3) is 0.211. The number of amides is 3. The number of hydrogen-bond acceptors (Lipinski definition) is 6. The summed E-state index contributed by atoms with van der Waals surface area (Å²) in [4.78, 5) is 39.2. The summed E-state index contributed by atoms with van der Waals surface area (Å²) in [7, 11) is 0. The average Bonchev–Trinajstić information content (AvgIpc) is 3.15. The summed E-state index contributed by atoms with van der Waals surface area (Å²) < 4.78 is 38.0. The number of fused-ring (bicyclic) bond motifs is 1. The molecule has 8 nitrogen and oxygen atoms in total. The largest absolute Gasteiger partial charge is 0.416 e. The number of aromatic nitrogens is 3. The standard InChI is InChI=1S/C19H15F3N6O2S/c20-19(21,22)11-1-3-12(4-2-11)25-18(30)28-8-5-13-15(10-28)31-17(26-13)27-16(29)14-9-23-6-7-24-14/h1-4,6-7,9H,5,8,10H2,(H,25,30)(H,26,27,29). The molecule has 0 radical (unpaired) electrons. The molecule has 1 aliphatic rings. The maximum atomic E-state index is 12.7. The zero-order valence-electron chi connectivity index (χ0n) is 15.8. The highest BCUT2D eigenvalue weighted by Gasteiger charge is 2.30. The first-order chi connectivity index (χ1) is 14.8. The van der Waals surface area contributed by atoms with Crippen LogP contribution in [0.5, 0.6) is 0 Å². The van der Waals surface area contributed by atoms with E-state index in [1.165, 1.54) is 47.0 Å². The molecule has 12 heteroatoms. The summed E-state index contributed by atoms with van der Waals surface area (Å²) >= 11 is 1.25. The normalized spacial score (nSPS) is 13.5. The van der Waals surface area contributed by atoms with Crippen LogP contribution in [0.4, 0.5) is 28.8 Å². The lowest BCUT2D eigenvalue weighted by molar-refractivity contribution is -0.137. The van der Waals surface area contributed by atoms with E-state index in [1.807, 2.05) is 0 Å². The minimum absolute atomic E-state index is 0.160. The molecular weight excluding hydrogens is 433 g/mol. The van der Waals surface area contributed by atoms with Gasteiger partial charge in [-0.25, -0.2) is 14.8 Å². The number of anilines is 2. The van der Waals surface area contributed by atoms with Gasteiger partial charge >= 0.3 is 12.2 Å². The van der Waals surface area contributed by atoms with Crippen LogP contribution in [0.25, 0.3) is 0 Å². The Morgan fingerprint density at radius 1 is 1.10 bits per heavy atom. The first-order valence-corrected chi connectivity index (χ1v) is 9.90. The van der Waals surface area contributed by atoms with Gasteiger partial charge in [-0.3, -0.25) is 15.1 Å². The van der Waals surface area contributed by atoms with E-state index < -0.39 is 23.7 Å². The first kappa shape index (κ1) is 20.7. The lowest BCUT2D eigenvalue weighted by atomic mass is 10.2. The minimum Gasteiger partial charge on any atom is -0.319 e. The molecule has 1 aliphatic heterocycles. The van der Waals surface area contributed by atoms with Crippen LogP contribution in [0, 0.1) is 0 Å². The first-order valence-electron chi connectivity index (χ1n) is 9.09. The smallest absolute Gasteiger partial charge is 0.319 e. The number of carbonyl (C=O) groups is 2. The van der Waals surface area contributed by atoms with E-state index in [-0.39, 0.29) is 17.9 Å². The molecule has 0 bridgehead atoms. The second-order valence-electron chi connectivity index (χ2n) is 6.61. The van der Waals surface area contributed by atoms with Crippen LogP contribution < -0.4 is 10.6 Å².